The van der Waals surface area contributed by atoms with Crippen molar-refractivity contribution in [3.05, 3.63) is 35.5 Å². The fraction of sp³-hybridized carbons (Fsp3) is 0.167. The number of carbonyl (C=O) groups excluding carboxylic acids is 1. The van der Waals surface area contributed by atoms with E-state index >= 15 is 0 Å². The molecule has 5 N–H and O–H groups in total. The number of rotatable bonds is 4. The second-order valence-corrected chi connectivity index (χ2v) is 5.91. The molecule has 0 bridgehead atoms. The number of sulfonamides is 1. The summed E-state index contributed by atoms with van der Waals surface area (Å²) in [6.45, 7) is 1.73. The number of anilines is 2. The molecule has 21 heavy (non-hydrogen) atoms. The molecule has 9 heteroatoms. The van der Waals surface area contributed by atoms with Crippen LogP contribution in [-0.2, 0) is 10.0 Å². The van der Waals surface area contributed by atoms with Crippen molar-refractivity contribution in [3.8, 4) is 0 Å². The summed E-state index contributed by atoms with van der Waals surface area (Å²) >= 11 is 0. The molecule has 0 spiro atoms. The SMILES string of the molecule is CNC(=O)c1c(Nc2ccc(S(N)(=O)=O)cc2)n[nH]c1C. The Morgan fingerprint density at radius 2 is 1.90 bits per heavy atom. The first-order chi connectivity index (χ1) is 9.82. The standard InChI is InChI=1S/C12H15N5O3S/c1-7-10(12(18)14-2)11(17-16-7)15-8-3-5-9(6-4-8)21(13,19)20/h3-6H,1-2H3,(H,14,18)(H2,13,19,20)(H2,15,16,17). The van der Waals surface area contributed by atoms with E-state index in [-0.39, 0.29) is 10.8 Å². The van der Waals surface area contributed by atoms with E-state index in [1.807, 2.05) is 0 Å². The van der Waals surface area contributed by atoms with Gasteiger partial charge in [0.05, 0.1) is 4.90 Å². The summed E-state index contributed by atoms with van der Waals surface area (Å²) in [6.07, 6.45) is 0. The average Bonchev–Trinajstić information content (AvgIpc) is 2.78. The van der Waals surface area contributed by atoms with Crippen LogP contribution in [0.2, 0.25) is 0 Å². The normalized spacial score (nSPS) is 11.2. The topological polar surface area (TPSA) is 130 Å². The third-order valence-electron chi connectivity index (χ3n) is 2.85. The molecule has 1 amide bonds. The molecule has 0 fully saturated rings. The molecule has 8 nitrogen and oxygen atoms in total. The van der Waals surface area contributed by atoms with Crippen molar-refractivity contribution in [2.75, 3.05) is 12.4 Å². The lowest BCUT2D eigenvalue weighted by Crippen LogP contribution is -2.19. The highest BCUT2D eigenvalue weighted by Crippen LogP contribution is 2.21. The van der Waals surface area contributed by atoms with E-state index in [0.717, 1.165) is 0 Å². The van der Waals surface area contributed by atoms with Gasteiger partial charge in [-0.05, 0) is 31.2 Å². The Morgan fingerprint density at radius 1 is 1.29 bits per heavy atom. The third-order valence-corrected chi connectivity index (χ3v) is 3.78. The van der Waals surface area contributed by atoms with Crippen molar-refractivity contribution in [2.45, 2.75) is 11.8 Å². The van der Waals surface area contributed by atoms with Crippen LogP contribution in [0, 0.1) is 6.92 Å². The number of nitrogens with two attached hydrogens (primary N) is 1. The number of hydrogen-bond donors (Lipinski definition) is 4. The van der Waals surface area contributed by atoms with E-state index in [1.54, 1.807) is 6.92 Å². The Labute approximate surface area is 121 Å². The number of primary sulfonamides is 1. The Bertz CT molecular complexity index is 765. The summed E-state index contributed by atoms with van der Waals surface area (Å²) < 4.78 is 22.4. The van der Waals surface area contributed by atoms with Gasteiger partial charge in [0.1, 0.15) is 5.56 Å². The molecule has 2 aromatic rings. The van der Waals surface area contributed by atoms with Gasteiger partial charge in [0, 0.05) is 18.4 Å². The zero-order chi connectivity index (χ0) is 15.6. The van der Waals surface area contributed by atoms with Crippen LogP contribution in [0.1, 0.15) is 16.1 Å². The minimum atomic E-state index is -3.73. The van der Waals surface area contributed by atoms with Gasteiger partial charge in [-0.15, -0.1) is 0 Å². The van der Waals surface area contributed by atoms with E-state index < -0.39 is 10.0 Å². The fourth-order valence-electron chi connectivity index (χ4n) is 1.79. The van der Waals surface area contributed by atoms with E-state index in [1.165, 1.54) is 31.3 Å². The highest BCUT2D eigenvalue weighted by Gasteiger charge is 2.17. The quantitative estimate of drug-likeness (QED) is 0.652. The maximum absolute atomic E-state index is 11.8. The lowest BCUT2D eigenvalue weighted by Gasteiger charge is -2.06. The van der Waals surface area contributed by atoms with Crippen molar-refractivity contribution in [3.63, 3.8) is 0 Å². The number of benzene rings is 1. The molecule has 1 aromatic heterocycles. The number of nitrogens with one attached hydrogen (secondary N) is 3. The minimum absolute atomic E-state index is 0.0118. The van der Waals surface area contributed by atoms with Crippen molar-refractivity contribution in [2.24, 2.45) is 5.14 Å². The van der Waals surface area contributed by atoms with Crippen LogP contribution in [0.15, 0.2) is 29.2 Å². The number of aromatic nitrogens is 2. The molecule has 0 aliphatic rings. The Kier molecular flexibility index (Phi) is 3.96. The second kappa shape index (κ2) is 5.54. The number of amides is 1. The molecule has 0 aliphatic carbocycles. The minimum Gasteiger partial charge on any atom is -0.355 e. The first kappa shape index (κ1) is 15.0. The first-order valence-electron chi connectivity index (χ1n) is 6.00. The molecule has 112 valence electrons. The van der Waals surface area contributed by atoms with Gasteiger partial charge in [-0.3, -0.25) is 9.89 Å². The molecule has 2 rings (SSSR count). The highest BCUT2D eigenvalue weighted by molar-refractivity contribution is 7.89. The predicted octanol–water partition coefficient (Wildman–Crippen LogP) is 0.469. The van der Waals surface area contributed by atoms with Crippen LogP contribution in [0.4, 0.5) is 11.5 Å². The van der Waals surface area contributed by atoms with Crippen molar-refractivity contribution < 1.29 is 13.2 Å². The van der Waals surface area contributed by atoms with Gasteiger partial charge in [-0.1, -0.05) is 0 Å². The molecule has 0 saturated carbocycles. The zero-order valence-corrected chi connectivity index (χ0v) is 12.3. The van der Waals surface area contributed by atoms with Crippen molar-refractivity contribution >= 4 is 27.4 Å². The highest BCUT2D eigenvalue weighted by atomic mass is 32.2. The summed E-state index contributed by atoms with van der Waals surface area (Å²) in [7, 11) is -2.20. The number of nitrogens with zero attached hydrogens (tertiary/aromatic N) is 1. The number of aryl methyl sites for hydroxylation is 1. The molecule has 0 atom stereocenters. The summed E-state index contributed by atoms with van der Waals surface area (Å²) in [5.41, 5.74) is 1.60. The molecule has 1 aromatic carbocycles. The Balaban J connectivity index is 2.29. The third kappa shape index (κ3) is 3.20. The van der Waals surface area contributed by atoms with Crippen molar-refractivity contribution in [1.29, 1.82) is 0 Å². The zero-order valence-electron chi connectivity index (χ0n) is 11.5. The Hall–Kier alpha value is -2.39. The second-order valence-electron chi connectivity index (χ2n) is 4.35. The number of aromatic amines is 1. The molecular formula is C12H15N5O3S. The summed E-state index contributed by atoms with van der Waals surface area (Å²) in [6, 6.07) is 5.82. The molecule has 1 heterocycles. The van der Waals surface area contributed by atoms with Crippen LogP contribution < -0.4 is 15.8 Å². The Morgan fingerprint density at radius 3 is 2.43 bits per heavy atom. The van der Waals surface area contributed by atoms with Crippen LogP contribution >= 0.6 is 0 Å². The number of hydrogen-bond acceptors (Lipinski definition) is 5. The molecule has 0 saturated heterocycles. The first-order valence-corrected chi connectivity index (χ1v) is 7.54. The van der Waals surface area contributed by atoms with E-state index in [9.17, 15) is 13.2 Å². The van der Waals surface area contributed by atoms with Gasteiger partial charge in [-0.2, -0.15) is 5.10 Å². The molecule has 0 aliphatic heterocycles. The summed E-state index contributed by atoms with van der Waals surface area (Å²) in [5.74, 6) is 0.0834. The fourth-order valence-corrected chi connectivity index (χ4v) is 2.30. The van der Waals surface area contributed by atoms with Gasteiger partial charge in [-0.25, -0.2) is 13.6 Å². The van der Waals surface area contributed by atoms with Crippen LogP contribution in [-0.4, -0.2) is 31.6 Å². The lowest BCUT2D eigenvalue weighted by molar-refractivity contribution is 0.0963. The van der Waals surface area contributed by atoms with Crippen LogP contribution in [0.25, 0.3) is 0 Å². The summed E-state index contributed by atoms with van der Waals surface area (Å²) in [4.78, 5) is 11.8. The number of H-pyrrole nitrogens is 1. The monoisotopic (exact) mass is 309 g/mol. The predicted molar refractivity (Wildman–Crippen MR) is 77.8 cm³/mol. The van der Waals surface area contributed by atoms with Crippen molar-refractivity contribution in [1.82, 2.24) is 15.5 Å². The summed E-state index contributed by atoms with van der Waals surface area (Å²) in [5, 5.41) is 17.2. The van der Waals surface area contributed by atoms with Gasteiger partial charge in [0.15, 0.2) is 5.82 Å². The smallest absolute Gasteiger partial charge is 0.256 e. The molecular weight excluding hydrogens is 294 g/mol. The van der Waals surface area contributed by atoms with E-state index in [2.05, 4.69) is 20.8 Å². The van der Waals surface area contributed by atoms with Crippen LogP contribution in [0.5, 0.6) is 0 Å². The van der Waals surface area contributed by atoms with E-state index in [0.29, 0.717) is 22.8 Å². The van der Waals surface area contributed by atoms with Crippen LogP contribution in [0.3, 0.4) is 0 Å². The largest absolute Gasteiger partial charge is 0.355 e. The van der Waals surface area contributed by atoms with Gasteiger partial charge in [0.2, 0.25) is 10.0 Å². The van der Waals surface area contributed by atoms with E-state index in [4.69, 9.17) is 5.14 Å². The van der Waals surface area contributed by atoms with Gasteiger partial charge < -0.3 is 10.6 Å². The number of carbonyl (C=O) groups is 1. The van der Waals surface area contributed by atoms with Gasteiger partial charge in [0.25, 0.3) is 5.91 Å². The van der Waals surface area contributed by atoms with Gasteiger partial charge >= 0.3 is 0 Å². The molecule has 0 radical (unpaired) electrons. The maximum atomic E-state index is 11.8. The average molecular weight is 309 g/mol. The maximum Gasteiger partial charge on any atom is 0.256 e. The lowest BCUT2D eigenvalue weighted by atomic mass is 10.2. The molecule has 0 unspecified atom stereocenters.